The zero-order valence-corrected chi connectivity index (χ0v) is 15.1. The number of methoxy groups -OCH3 is 2. The Kier molecular flexibility index (Phi) is 5.11. The van der Waals surface area contributed by atoms with Gasteiger partial charge in [-0.25, -0.2) is 0 Å². The average molecular weight is 354 g/mol. The van der Waals surface area contributed by atoms with Gasteiger partial charge in [-0.15, -0.1) is 0 Å². The van der Waals surface area contributed by atoms with Crippen molar-refractivity contribution in [3.63, 3.8) is 0 Å². The molecule has 0 aromatic heterocycles. The highest BCUT2D eigenvalue weighted by atomic mass is 16.5. The van der Waals surface area contributed by atoms with Crippen molar-refractivity contribution in [1.29, 1.82) is 0 Å². The molecule has 0 unspecified atom stereocenters. The van der Waals surface area contributed by atoms with Crippen LogP contribution in [0, 0.1) is 6.92 Å². The van der Waals surface area contributed by atoms with Gasteiger partial charge in [0.2, 0.25) is 5.91 Å². The number of ether oxygens (including phenoxy) is 2. The molecule has 1 heterocycles. The van der Waals surface area contributed by atoms with E-state index in [1.54, 1.807) is 30.2 Å². The molecule has 136 valence electrons. The van der Waals surface area contributed by atoms with Crippen molar-refractivity contribution >= 4 is 17.5 Å². The fourth-order valence-electron chi connectivity index (χ4n) is 3.03. The van der Waals surface area contributed by atoms with Crippen molar-refractivity contribution in [3.05, 3.63) is 53.6 Å². The lowest BCUT2D eigenvalue weighted by Gasteiger charge is -2.18. The summed E-state index contributed by atoms with van der Waals surface area (Å²) in [5.74, 6) is 0.774. The Morgan fingerprint density at radius 2 is 1.85 bits per heavy atom. The number of rotatable bonds is 5. The van der Waals surface area contributed by atoms with Gasteiger partial charge in [0, 0.05) is 24.7 Å². The summed E-state index contributed by atoms with van der Waals surface area (Å²) in [6.45, 7) is 2.45. The number of aryl methyl sites for hydroxylation is 1. The Morgan fingerprint density at radius 1 is 1.12 bits per heavy atom. The van der Waals surface area contributed by atoms with E-state index in [4.69, 9.17) is 9.47 Å². The van der Waals surface area contributed by atoms with Crippen molar-refractivity contribution in [3.8, 4) is 11.5 Å². The molecule has 0 bridgehead atoms. The maximum atomic E-state index is 12.6. The lowest BCUT2D eigenvalue weighted by molar-refractivity contribution is -0.117. The summed E-state index contributed by atoms with van der Waals surface area (Å²) < 4.78 is 10.4. The Balaban J connectivity index is 1.71. The highest BCUT2D eigenvalue weighted by molar-refractivity contribution is 6.00. The van der Waals surface area contributed by atoms with E-state index < -0.39 is 0 Å². The largest absolute Gasteiger partial charge is 0.497 e. The summed E-state index contributed by atoms with van der Waals surface area (Å²) in [6.07, 6.45) is 0.276. The summed E-state index contributed by atoms with van der Waals surface area (Å²) in [5.41, 5.74) is 2.39. The van der Waals surface area contributed by atoms with Crippen molar-refractivity contribution in [2.24, 2.45) is 0 Å². The molecular formula is C20H22N2O4. The average Bonchev–Trinajstić information content (AvgIpc) is 3.01. The highest BCUT2D eigenvalue weighted by Crippen LogP contribution is 2.26. The first-order chi connectivity index (χ1) is 12.5. The summed E-state index contributed by atoms with van der Waals surface area (Å²) in [5, 5.41) is 2.93. The monoisotopic (exact) mass is 354 g/mol. The van der Waals surface area contributed by atoms with Crippen LogP contribution in [0.15, 0.2) is 42.5 Å². The number of nitrogens with zero attached hydrogens (tertiary/aromatic N) is 1. The van der Waals surface area contributed by atoms with Crippen molar-refractivity contribution in [2.45, 2.75) is 19.4 Å². The van der Waals surface area contributed by atoms with Crippen LogP contribution in [-0.4, -0.2) is 38.6 Å². The zero-order valence-electron chi connectivity index (χ0n) is 15.1. The lowest BCUT2D eigenvalue weighted by Crippen LogP contribution is -2.37. The van der Waals surface area contributed by atoms with E-state index in [0.29, 0.717) is 23.6 Å². The molecule has 2 amide bonds. The molecular weight excluding hydrogens is 332 g/mol. The van der Waals surface area contributed by atoms with Gasteiger partial charge >= 0.3 is 0 Å². The fraction of sp³-hybridized carbons (Fsp3) is 0.300. The van der Waals surface area contributed by atoms with Gasteiger partial charge in [0.15, 0.2) is 0 Å². The maximum absolute atomic E-state index is 12.6. The molecule has 0 aliphatic carbocycles. The van der Waals surface area contributed by atoms with Crippen molar-refractivity contribution in [2.75, 3.05) is 25.7 Å². The second kappa shape index (κ2) is 7.47. The molecule has 26 heavy (non-hydrogen) atoms. The SMILES string of the molecule is COc1ccc(C(=O)N[C@H]2CC(=O)N(c3ccc(C)cc3)C2)c(OC)c1. The molecule has 2 aromatic carbocycles. The topological polar surface area (TPSA) is 67.9 Å². The third-order valence-electron chi connectivity index (χ3n) is 4.46. The Bertz CT molecular complexity index is 817. The molecule has 1 aliphatic heterocycles. The predicted octanol–water partition coefficient (Wildman–Crippen LogP) is 2.55. The number of anilines is 1. The van der Waals surface area contributed by atoms with Gasteiger partial charge in [-0.1, -0.05) is 17.7 Å². The third kappa shape index (κ3) is 3.64. The van der Waals surface area contributed by atoms with Gasteiger partial charge in [-0.2, -0.15) is 0 Å². The first-order valence-electron chi connectivity index (χ1n) is 8.41. The number of hydrogen-bond donors (Lipinski definition) is 1. The Hall–Kier alpha value is -3.02. The molecule has 6 heteroatoms. The smallest absolute Gasteiger partial charge is 0.255 e. The quantitative estimate of drug-likeness (QED) is 0.896. The van der Waals surface area contributed by atoms with Gasteiger partial charge < -0.3 is 19.7 Å². The standard InChI is InChI=1S/C20H22N2O4/c1-13-4-6-15(7-5-13)22-12-14(10-19(22)23)21-20(24)17-9-8-16(25-2)11-18(17)26-3/h4-9,11,14H,10,12H2,1-3H3,(H,21,24)/t14-/m0/s1. The Morgan fingerprint density at radius 3 is 2.50 bits per heavy atom. The minimum absolute atomic E-state index is 0.000786. The van der Waals surface area contributed by atoms with Crippen LogP contribution < -0.4 is 19.7 Å². The molecule has 1 atom stereocenters. The first-order valence-corrected chi connectivity index (χ1v) is 8.41. The van der Waals surface area contributed by atoms with Crippen molar-refractivity contribution < 1.29 is 19.1 Å². The molecule has 0 radical (unpaired) electrons. The van der Waals surface area contributed by atoms with Crippen LogP contribution in [0.4, 0.5) is 5.69 Å². The maximum Gasteiger partial charge on any atom is 0.255 e. The number of benzene rings is 2. The molecule has 0 saturated carbocycles. The second-order valence-corrected chi connectivity index (χ2v) is 6.28. The summed E-state index contributed by atoms with van der Waals surface area (Å²) >= 11 is 0. The van der Waals surface area contributed by atoms with Crippen LogP contribution in [0.1, 0.15) is 22.3 Å². The highest BCUT2D eigenvalue weighted by Gasteiger charge is 2.32. The van der Waals surface area contributed by atoms with Crippen LogP contribution in [-0.2, 0) is 4.79 Å². The molecule has 0 spiro atoms. The van der Waals surface area contributed by atoms with E-state index in [0.717, 1.165) is 11.3 Å². The van der Waals surface area contributed by atoms with E-state index >= 15 is 0 Å². The van der Waals surface area contributed by atoms with Gasteiger partial charge in [-0.05, 0) is 31.2 Å². The fourth-order valence-corrected chi connectivity index (χ4v) is 3.03. The van der Waals surface area contributed by atoms with Crippen LogP contribution in [0.5, 0.6) is 11.5 Å². The normalized spacial score (nSPS) is 16.5. The number of amides is 2. The molecule has 1 saturated heterocycles. The number of nitrogens with one attached hydrogen (secondary N) is 1. The van der Waals surface area contributed by atoms with E-state index in [-0.39, 0.29) is 24.3 Å². The van der Waals surface area contributed by atoms with Gasteiger partial charge in [0.05, 0.1) is 25.8 Å². The van der Waals surface area contributed by atoms with Gasteiger partial charge in [-0.3, -0.25) is 9.59 Å². The van der Waals surface area contributed by atoms with E-state index in [1.165, 1.54) is 7.11 Å². The first kappa shape index (κ1) is 17.8. The number of carbonyl (C=O) groups excluding carboxylic acids is 2. The Labute approximate surface area is 152 Å². The van der Waals surface area contributed by atoms with E-state index in [1.807, 2.05) is 31.2 Å². The minimum Gasteiger partial charge on any atom is -0.497 e. The number of hydrogen-bond acceptors (Lipinski definition) is 4. The molecule has 1 N–H and O–H groups in total. The van der Waals surface area contributed by atoms with Crippen LogP contribution in [0.25, 0.3) is 0 Å². The van der Waals surface area contributed by atoms with Gasteiger partial charge in [0.25, 0.3) is 5.91 Å². The summed E-state index contributed by atoms with van der Waals surface area (Å²) in [7, 11) is 3.06. The minimum atomic E-state index is -0.270. The van der Waals surface area contributed by atoms with Crippen LogP contribution in [0.3, 0.4) is 0 Å². The van der Waals surface area contributed by atoms with Crippen LogP contribution >= 0.6 is 0 Å². The van der Waals surface area contributed by atoms with Crippen molar-refractivity contribution in [1.82, 2.24) is 5.32 Å². The summed E-state index contributed by atoms with van der Waals surface area (Å²) in [6, 6.07) is 12.6. The molecule has 2 aromatic rings. The third-order valence-corrected chi connectivity index (χ3v) is 4.46. The number of carbonyl (C=O) groups is 2. The van der Waals surface area contributed by atoms with E-state index in [9.17, 15) is 9.59 Å². The van der Waals surface area contributed by atoms with Crippen LogP contribution in [0.2, 0.25) is 0 Å². The predicted molar refractivity (Wildman–Crippen MR) is 98.9 cm³/mol. The van der Waals surface area contributed by atoms with E-state index in [2.05, 4.69) is 5.32 Å². The molecule has 1 fully saturated rings. The molecule has 6 nitrogen and oxygen atoms in total. The lowest BCUT2D eigenvalue weighted by atomic mass is 10.1. The molecule has 3 rings (SSSR count). The summed E-state index contributed by atoms with van der Waals surface area (Å²) in [4.78, 5) is 26.6. The second-order valence-electron chi connectivity index (χ2n) is 6.28. The molecule has 1 aliphatic rings. The van der Waals surface area contributed by atoms with Gasteiger partial charge in [0.1, 0.15) is 11.5 Å². The zero-order chi connectivity index (χ0) is 18.7.